The smallest absolute Gasteiger partial charge is 0.245 e. The van der Waals surface area contributed by atoms with Gasteiger partial charge in [0.15, 0.2) is 5.79 Å². The fourth-order valence-corrected chi connectivity index (χ4v) is 2.62. The second kappa shape index (κ2) is 5.90. The fraction of sp³-hybridized carbons (Fsp3) is 0.375. The lowest BCUT2D eigenvalue weighted by Gasteiger charge is -2.20. The number of aryl methyl sites for hydroxylation is 1. The maximum Gasteiger partial charge on any atom is 0.245 e. The van der Waals surface area contributed by atoms with E-state index >= 15 is 0 Å². The van der Waals surface area contributed by atoms with Gasteiger partial charge in [-0.05, 0) is 19.9 Å². The van der Waals surface area contributed by atoms with E-state index in [0.29, 0.717) is 13.2 Å². The first kappa shape index (κ1) is 14.7. The summed E-state index contributed by atoms with van der Waals surface area (Å²) in [6.07, 6.45) is 1.78. The van der Waals surface area contributed by atoms with Crippen LogP contribution in [0.15, 0.2) is 29.4 Å². The number of fused-ring (bicyclic) bond motifs is 1. The molecular weight excluding hydrogens is 282 g/mol. The molecule has 6 heteroatoms. The molecule has 116 valence electrons. The van der Waals surface area contributed by atoms with Crippen LogP contribution in [0, 0.1) is 6.92 Å². The summed E-state index contributed by atoms with van der Waals surface area (Å²) >= 11 is 0. The molecule has 0 spiro atoms. The van der Waals surface area contributed by atoms with Crippen molar-refractivity contribution < 1.29 is 14.3 Å². The van der Waals surface area contributed by atoms with Crippen molar-refractivity contribution in [2.75, 3.05) is 13.2 Å². The maximum absolute atomic E-state index is 11.9. The van der Waals surface area contributed by atoms with Crippen LogP contribution in [-0.2, 0) is 14.3 Å². The highest BCUT2D eigenvalue weighted by molar-refractivity contribution is 6.00. The first-order valence-electron chi connectivity index (χ1n) is 7.24. The van der Waals surface area contributed by atoms with Gasteiger partial charge in [-0.15, -0.1) is 0 Å². The number of nitrogens with zero attached hydrogens (tertiary/aromatic N) is 1. The number of aromatic amines is 1. The largest absolute Gasteiger partial charge is 0.358 e. The molecule has 1 fully saturated rings. The van der Waals surface area contributed by atoms with Crippen LogP contribution in [-0.4, -0.2) is 36.1 Å². The Morgan fingerprint density at radius 3 is 2.91 bits per heavy atom. The molecule has 2 aromatic rings. The fourth-order valence-electron chi connectivity index (χ4n) is 2.62. The predicted molar refractivity (Wildman–Crippen MR) is 83.7 cm³/mol. The Labute approximate surface area is 128 Å². The molecule has 1 aromatic carbocycles. The quantitative estimate of drug-likeness (QED) is 0.670. The van der Waals surface area contributed by atoms with Gasteiger partial charge < -0.3 is 14.5 Å². The van der Waals surface area contributed by atoms with Gasteiger partial charge in [-0.2, -0.15) is 5.10 Å². The van der Waals surface area contributed by atoms with Crippen LogP contribution in [0.25, 0.3) is 10.9 Å². The highest BCUT2D eigenvalue weighted by Crippen LogP contribution is 2.22. The van der Waals surface area contributed by atoms with E-state index < -0.39 is 5.79 Å². The summed E-state index contributed by atoms with van der Waals surface area (Å²) in [5.41, 5.74) is 5.55. The van der Waals surface area contributed by atoms with Gasteiger partial charge in [-0.1, -0.05) is 18.2 Å². The molecule has 1 aliphatic rings. The van der Waals surface area contributed by atoms with Crippen LogP contribution in [0.3, 0.4) is 0 Å². The maximum atomic E-state index is 11.9. The first-order valence-corrected chi connectivity index (χ1v) is 7.24. The lowest BCUT2D eigenvalue weighted by molar-refractivity contribution is -0.159. The number of amides is 1. The molecule has 0 unspecified atom stereocenters. The van der Waals surface area contributed by atoms with Crippen molar-refractivity contribution in [2.24, 2.45) is 5.10 Å². The van der Waals surface area contributed by atoms with Crippen LogP contribution in [0.4, 0.5) is 0 Å². The zero-order valence-corrected chi connectivity index (χ0v) is 12.7. The molecular formula is C16H19N3O3. The summed E-state index contributed by atoms with van der Waals surface area (Å²) in [4.78, 5) is 15.2. The van der Waals surface area contributed by atoms with Crippen molar-refractivity contribution >= 4 is 23.0 Å². The number of para-hydroxylation sites is 1. The Balaban J connectivity index is 1.66. The minimum absolute atomic E-state index is 0.122. The number of carbonyl (C=O) groups is 1. The van der Waals surface area contributed by atoms with Crippen LogP contribution in [0.2, 0.25) is 0 Å². The monoisotopic (exact) mass is 301 g/mol. The van der Waals surface area contributed by atoms with E-state index in [-0.39, 0.29) is 12.3 Å². The van der Waals surface area contributed by atoms with E-state index in [1.54, 1.807) is 13.1 Å². The van der Waals surface area contributed by atoms with Crippen LogP contribution in [0.5, 0.6) is 0 Å². The molecule has 1 aromatic heterocycles. The first-order chi connectivity index (χ1) is 10.6. The van der Waals surface area contributed by atoms with Gasteiger partial charge in [0.1, 0.15) is 0 Å². The number of benzene rings is 1. The van der Waals surface area contributed by atoms with Crippen molar-refractivity contribution in [3.63, 3.8) is 0 Å². The predicted octanol–water partition coefficient (Wildman–Crippen LogP) is 2.08. The molecule has 1 amide bonds. The number of hydrogen-bond acceptors (Lipinski definition) is 4. The number of rotatable bonds is 4. The molecule has 2 heterocycles. The van der Waals surface area contributed by atoms with E-state index in [4.69, 9.17) is 9.47 Å². The van der Waals surface area contributed by atoms with Crippen molar-refractivity contribution in [1.29, 1.82) is 0 Å². The van der Waals surface area contributed by atoms with Crippen molar-refractivity contribution in [3.05, 3.63) is 35.5 Å². The van der Waals surface area contributed by atoms with Gasteiger partial charge >= 0.3 is 0 Å². The minimum atomic E-state index is -0.837. The zero-order valence-electron chi connectivity index (χ0n) is 12.7. The molecule has 0 bridgehead atoms. The summed E-state index contributed by atoms with van der Waals surface area (Å²) in [6, 6.07) is 7.97. The molecule has 3 rings (SSSR count). The molecule has 0 radical (unpaired) electrons. The van der Waals surface area contributed by atoms with E-state index in [1.807, 2.05) is 31.2 Å². The summed E-state index contributed by atoms with van der Waals surface area (Å²) in [7, 11) is 0. The van der Waals surface area contributed by atoms with Crippen molar-refractivity contribution in [1.82, 2.24) is 10.4 Å². The SMILES string of the molecule is Cc1[nH]c2ccccc2c1/C=N/NC(=O)CC1(C)OCCO1. The van der Waals surface area contributed by atoms with Gasteiger partial charge in [-0.3, -0.25) is 4.79 Å². The second-order valence-electron chi connectivity index (χ2n) is 5.51. The number of aromatic nitrogens is 1. The Morgan fingerprint density at radius 1 is 1.41 bits per heavy atom. The van der Waals surface area contributed by atoms with E-state index in [9.17, 15) is 4.79 Å². The number of hydrazone groups is 1. The molecule has 6 nitrogen and oxygen atoms in total. The molecule has 1 saturated heterocycles. The van der Waals surface area contributed by atoms with Crippen LogP contribution in [0.1, 0.15) is 24.6 Å². The molecule has 2 N–H and O–H groups in total. The minimum Gasteiger partial charge on any atom is -0.358 e. The standard InChI is InChI=1S/C16H19N3O3/c1-11-13(12-5-3-4-6-14(12)18-11)10-17-19-15(20)9-16(2)21-7-8-22-16/h3-6,10,18H,7-9H2,1-2H3,(H,19,20)/b17-10+. The number of hydrogen-bond donors (Lipinski definition) is 2. The highest BCUT2D eigenvalue weighted by Gasteiger charge is 2.33. The Morgan fingerprint density at radius 2 is 2.14 bits per heavy atom. The normalized spacial score (nSPS) is 17.4. The second-order valence-corrected chi connectivity index (χ2v) is 5.51. The number of ether oxygens (including phenoxy) is 2. The van der Waals surface area contributed by atoms with Gasteiger partial charge in [0, 0.05) is 22.2 Å². The Bertz CT molecular complexity index is 714. The molecule has 0 atom stereocenters. The summed E-state index contributed by atoms with van der Waals surface area (Å²) < 4.78 is 10.8. The molecule has 0 aliphatic carbocycles. The number of nitrogens with one attached hydrogen (secondary N) is 2. The third-order valence-corrected chi connectivity index (χ3v) is 3.71. The highest BCUT2D eigenvalue weighted by atomic mass is 16.7. The summed E-state index contributed by atoms with van der Waals surface area (Å²) in [6.45, 7) is 4.76. The van der Waals surface area contributed by atoms with Crippen LogP contribution < -0.4 is 5.43 Å². The average molecular weight is 301 g/mol. The number of carbonyl (C=O) groups excluding carboxylic acids is 1. The van der Waals surface area contributed by atoms with Gasteiger partial charge in [-0.25, -0.2) is 5.43 Å². The third-order valence-electron chi connectivity index (χ3n) is 3.71. The molecule has 0 saturated carbocycles. The summed E-state index contributed by atoms with van der Waals surface area (Å²) in [5, 5.41) is 5.12. The molecule has 1 aliphatic heterocycles. The topological polar surface area (TPSA) is 75.7 Å². The Kier molecular flexibility index (Phi) is 3.96. The Hall–Kier alpha value is -2.18. The van der Waals surface area contributed by atoms with E-state index in [0.717, 1.165) is 22.2 Å². The third kappa shape index (κ3) is 3.03. The average Bonchev–Trinajstić information content (AvgIpc) is 3.03. The number of H-pyrrole nitrogens is 1. The zero-order chi connectivity index (χ0) is 15.6. The van der Waals surface area contributed by atoms with Gasteiger partial charge in [0.25, 0.3) is 0 Å². The van der Waals surface area contributed by atoms with E-state index in [2.05, 4.69) is 15.5 Å². The summed E-state index contributed by atoms with van der Waals surface area (Å²) in [5.74, 6) is -1.07. The van der Waals surface area contributed by atoms with Crippen molar-refractivity contribution in [2.45, 2.75) is 26.1 Å². The van der Waals surface area contributed by atoms with Crippen LogP contribution >= 0.6 is 0 Å². The van der Waals surface area contributed by atoms with Gasteiger partial charge in [0.05, 0.1) is 25.8 Å². The lowest BCUT2D eigenvalue weighted by atomic mass is 10.1. The lowest BCUT2D eigenvalue weighted by Crippen LogP contribution is -2.33. The van der Waals surface area contributed by atoms with Gasteiger partial charge in [0.2, 0.25) is 5.91 Å². The van der Waals surface area contributed by atoms with Crippen molar-refractivity contribution in [3.8, 4) is 0 Å². The molecule has 22 heavy (non-hydrogen) atoms. The van der Waals surface area contributed by atoms with E-state index in [1.165, 1.54) is 0 Å².